The fourth-order valence-corrected chi connectivity index (χ4v) is 3.22. The Labute approximate surface area is 131 Å². The normalized spacial score (nSPS) is 15.1. The quantitative estimate of drug-likeness (QED) is 0.852. The molecule has 0 aliphatic carbocycles. The number of rotatable bonds is 2. The van der Waals surface area contributed by atoms with Crippen LogP contribution in [0, 0.1) is 20.8 Å². The summed E-state index contributed by atoms with van der Waals surface area (Å²) in [6.07, 6.45) is 3.44. The van der Waals surface area contributed by atoms with Crippen molar-refractivity contribution in [1.82, 2.24) is 14.7 Å². The smallest absolute Gasteiger partial charge is 0.257 e. The van der Waals surface area contributed by atoms with Gasteiger partial charge in [0.05, 0.1) is 22.6 Å². The molecule has 0 saturated carbocycles. The number of benzene rings is 1. The zero-order chi connectivity index (χ0) is 15.7. The molecular formula is C18H23N3O. The summed E-state index contributed by atoms with van der Waals surface area (Å²) in [5, 5.41) is 4.61. The summed E-state index contributed by atoms with van der Waals surface area (Å²) in [5.41, 5.74) is 4.71. The van der Waals surface area contributed by atoms with E-state index in [-0.39, 0.29) is 5.91 Å². The molecule has 0 atom stereocenters. The molecule has 1 aromatic heterocycles. The number of piperidine rings is 1. The molecule has 116 valence electrons. The highest BCUT2D eigenvalue weighted by atomic mass is 16.2. The number of amides is 1. The van der Waals surface area contributed by atoms with Crippen LogP contribution in [-0.2, 0) is 0 Å². The van der Waals surface area contributed by atoms with Crippen LogP contribution in [0.1, 0.15) is 46.6 Å². The molecule has 0 radical (unpaired) electrons. The summed E-state index contributed by atoms with van der Waals surface area (Å²) in [6.45, 7) is 7.71. The van der Waals surface area contributed by atoms with Crippen LogP contribution in [0.5, 0.6) is 0 Å². The predicted octanol–water partition coefficient (Wildman–Crippen LogP) is 3.42. The van der Waals surface area contributed by atoms with E-state index in [1.54, 1.807) is 0 Å². The molecule has 1 aliphatic rings. The van der Waals surface area contributed by atoms with Gasteiger partial charge in [0.25, 0.3) is 5.91 Å². The van der Waals surface area contributed by atoms with Crippen molar-refractivity contribution in [2.75, 3.05) is 13.1 Å². The SMILES string of the molecule is Cc1cccc(-n2nc(C)c(C(=O)N3CCCCC3)c2C)c1. The zero-order valence-corrected chi connectivity index (χ0v) is 13.6. The lowest BCUT2D eigenvalue weighted by Gasteiger charge is -2.26. The third-order valence-corrected chi connectivity index (χ3v) is 4.39. The second-order valence-electron chi connectivity index (χ2n) is 6.15. The van der Waals surface area contributed by atoms with E-state index in [2.05, 4.69) is 24.2 Å². The molecular weight excluding hydrogens is 274 g/mol. The molecule has 1 amide bonds. The van der Waals surface area contributed by atoms with Crippen LogP contribution >= 0.6 is 0 Å². The van der Waals surface area contributed by atoms with Crippen molar-refractivity contribution in [3.05, 3.63) is 46.8 Å². The fourth-order valence-electron chi connectivity index (χ4n) is 3.22. The highest BCUT2D eigenvalue weighted by Gasteiger charge is 2.25. The van der Waals surface area contributed by atoms with Gasteiger partial charge in [-0.05, 0) is 57.7 Å². The van der Waals surface area contributed by atoms with E-state index in [9.17, 15) is 4.79 Å². The van der Waals surface area contributed by atoms with E-state index in [1.165, 1.54) is 12.0 Å². The van der Waals surface area contributed by atoms with Gasteiger partial charge in [-0.1, -0.05) is 12.1 Å². The number of nitrogens with zero attached hydrogens (tertiary/aromatic N) is 3. The number of hydrogen-bond donors (Lipinski definition) is 0. The van der Waals surface area contributed by atoms with Crippen LogP contribution in [0.2, 0.25) is 0 Å². The Hall–Kier alpha value is -2.10. The third-order valence-electron chi connectivity index (χ3n) is 4.39. The summed E-state index contributed by atoms with van der Waals surface area (Å²) in [5.74, 6) is 0.133. The minimum absolute atomic E-state index is 0.133. The molecule has 0 bridgehead atoms. The van der Waals surface area contributed by atoms with Gasteiger partial charge in [0.15, 0.2) is 0 Å². The Morgan fingerprint density at radius 1 is 1.09 bits per heavy atom. The van der Waals surface area contributed by atoms with Crippen LogP contribution in [0.25, 0.3) is 5.69 Å². The van der Waals surface area contributed by atoms with E-state index in [0.29, 0.717) is 0 Å². The second kappa shape index (κ2) is 5.95. The van der Waals surface area contributed by atoms with Gasteiger partial charge in [0.2, 0.25) is 0 Å². The summed E-state index contributed by atoms with van der Waals surface area (Å²) >= 11 is 0. The van der Waals surface area contributed by atoms with E-state index in [0.717, 1.165) is 48.6 Å². The van der Waals surface area contributed by atoms with Crippen molar-refractivity contribution in [3.63, 3.8) is 0 Å². The molecule has 4 nitrogen and oxygen atoms in total. The maximum atomic E-state index is 12.8. The third kappa shape index (κ3) is 2.65. The van der Waals surface area contributed by atoms with Gasteiger partial charge in [-0.3, -0.25) is 4.79 Å². The molecule has 1 fully saturated rings. The largest absolute Gasteiger partial charge is 0.339 e. The van der Waals surface area contributed by atoms with Gasteiger partial charge in [-0.25, -0.2) is 4.68 Å². The van der Waals surface area contributed by atoms with Crippen molar-refractivity contribution in [2.24, 2.45) is 0 Å². The molecule has 0 N–H and O–H groups in total. The first-order valence-corrected chi connectivity index (χ1v) is 8.00. The first-order chi connectivity index (χ1) is 10.6. The second-order valence-corrected chi connectivity index (χ2v) is 6.15. The maximum absolute atomic E-state index is 12.8. The standard InChI is InChI=1S/C18H23N3O/c1-13-8-7-9-16(12-13)21-15(3)17(14(2)19-21)18(22)20-10-5-4-6-11-20/h7-9,12H,4-6,10-11H2,1-3H3. The van der Waals surface area contributed by atoms with E-state index < -0.39 is 0 Å². The van der Waals surface area contributed by atoms with Gasteiger partial charge in [0.1, 0.15) is 0 Å². The Morgan fingerprint density at radius 3 is 2.50 bits per heavy atom. The van der Waals surface area contributed by atoms with E-state index in [4.69, 9.17) is 0 Å². The predicted molar refractivity (Wildman–Crippen MR) is 87.5 cm³/mol. The summed E-state index contributed by atoms with van der Waals surface area (Å²) < 4.78 is 1.89. The van der Waals surface area contributed by atoms with Crippen LogP contribution in [-0.4, -0.2) is 33.7 Å². The minimum Gasteiger partial charge on any atom is -0.339 e. The molecule has 1 aromatic carbocycles. The summed E-state index contributed by atoms with van der Waals surface area (Å²) in [4.78, 5) is 14.8. The molecule has 0 spiro atoms. The molecule has 2 heterocycles. The summed E-state index contributed by atoms with van der Waals surface area (Å²) in [7, 11) is 0. The van der Waals surface area contributed by atoms with Gasteiger partial charge < -0.3 is 4.90 Å². The van der Waals surface area contributed by atoms with Crippen LogP contribution in [0.4, 0.5) is 0 Å². The highest BCUT2D eigenvalue weighted by molar-refractivity contribution is 5.96. The Bertz CT molecular complexity index is 696. The highest BCUT2D eigenvalue weighted by Crippen LogP contribution is 2.22. The summed E-state index contributed by atoms with van der Waals surface area (Å²) in [6, 6.07) is 8.21. The zero-order valence-electron chi connectivity index (χ0n) is 13.6. The lowest BCUT2D eigenvalue weighted by atomic mass is 10.1. The molecule has 22 heavy (non-hydrogen) atoms. The fraction of sp³-hybridized carbons (Fsp3) is 0.444. The molecule has 1 saturated heterocycles. The average Bonchev–Trinajstić information content (AvgIpc) is 2.82. The molecule has 2 aromatic rings. The van der Waals surface area contributed by atoms with Crippen molar-refractivity contribution in [1.29, 1.82) is 0 Å². The number of hydrogen-bond acceptors (Lipinski definition) is 2. The van der Waals surface area contributed by atoms with Crippen molar-refractivity contribution >= 4 is 5.91 Å². The molecule has 4 heteroatoms. The average molecular weight is 297 g/mol. The van der Waals surface area contributed by atoms with Gasteiger partial charge in [-0.2, -0.15) is 5.10 Å². The first-order valence-electron chi connectivity index (χ1n) is 8.00. The van der Waals surface area contributed by atoms with Crippen molar-refractivity contribution in [2.45, 2.75) is 40.0 Å². The van der Waals surface area contributed by atoms with Crippen LogP contribution < -0.4 is 0 Å². The molecule has 3 rings (SSSR count). The number of carbonyl (C=O) groups is 1. The Balaban J connectivity index is 1.98. The van der Waals surface area contributed by atoms with Gasteiger partial charge in [-0.15, -0.1) is 0 Å². The number of carbonyl (C=O) groups excluding carboxylic acids is 1. The minimum atomic E-state index is 0.133. The number of aromatic nitrogens is 2. The van der Waals surface area contributed by atoms with Crippen molar-refractivity contribution in [3.8, 4) is 5.69 Å². The van der Waals surface area contributed by atoms with Crippen LogP contribution in [0.15, 0.2) is 24.3 Å². The number of aryl methyl sites for hydroxylation is 2. The topological polar surface area (TPSA) is 38.1 Å². The Kier molecular flexibility index (Phi) is 4.01. The van der Waals surface area contributed by atoms with Gasteiger partial charge >= 0.3 is 0 Å². The molecule has 0 unspecified atom stereocenters. The maximum Gasteiger partial charge on any atom is 0.257 e. The van der Waals surface area contributed by atoms with Crippen molar-refractivity contribution < 1.29 is 4.79 Å². The van der Waals surface area contributed by atoms with Crippen LogP contribution in [0.3, 0.4) is 0 Å². The van der Waals surface area contributed by atoms with E-state index >= 15 is 0 Å². The lowest BCUT2D eigenvalue weighted by molar-refractivity contribution is 0.0723. The monoisotopic (exact) mass is 297 g/mol. The first kappa shape index (κ1) is 14.8. The van der Waals surface area contributed by atoms with Gasteiger partial charge in [0, 0.05) is 13.1 Å². The number of likely N-dealkylation sites (tertiary alicyclic amines) is 1. The lowest BCUT2D eigenvalue weighted by Crippen LogP contribution is -2.36. The Morgan fingerprint density at radius 2 is 1.82 bits per heavy atom. The molecule has 1 aliphatic heterocycles. The van der Waals surface area contributed by atoms with E-state index in [1.807, 2.05) is 35.6 Å².